The average Bonchev–Trinajstić information content (AvgIpc) is 2.66. The Bertz CT molecular complexity index is 558. The fourth-order valence-corrected chi connectivity index (χ4v) is 2.73. The first-order valence-electron chi connectivity index (χ1n) is 5.69. The van der Waals surface area contributed by atoms with Crippen LogP contribution in [0.4, 0.5) is 5.69 Å². The maximum atomic E-state index is 10.7. The Morgan fingerprint density at radius 1 is 1.28 bits per heavy atom. The van der Waals surface area contributed by atoms with Gasteiger partial charge >= 0.3 is 5.97 Å². The number of benzene rings is 1. The quantitative estimate of drug-likeness (QED) is 0.882. The van der Waals surface area contributed by atoms with Crippen LogP contribution in [-0.2, 0) is 6.54 Å². The number of carbonyl (C=O) groups is 1. The van der Waals surface area contributed by atoms with Crippen LogP contribution >= 0.6 is 11.3 Å². The van der Waals surface area contributed by atoms with Gasteiger partial charge in [-0.2, -0.15) is 0 Å². The number of rotatable bonds is 4. The first-order valence-corrected chi connectivity index (χ1v) is 6.51. The molecule has 1 heterocycles. The van der Waals surface area contributed by atoms with Gasteiger partial charge in [0.1, 0.15) is 0 Å². The van der Waals surface area contributed by atoms with Gasteiger partial charge in [0, 0.05) is 22.0 Å². The van der Waals surface area contributed by atoms with Crippen molar-refractivity contribution in [1.82, 2.24) is 0 Å². The van der Waals surface area contributed by atoms with E-state index in [9.17, 15) is 4.79 Å². The van der Waals surface area contributed by atoms with E-state index in [0.29, 0.717) is 5.56 Å². The summed E-state index contributed by atoms with van der Waals surface area (Å²) in [7, 11) is 0. The Morgan fingerprint density at radius 2 is 1.94 bits per heavy atom. The molecule has 0 spiro atoms. The fourth-order valence-electron chi connectivity index (χ4n) is 1.79. The molecule has 2 rings (SSSR count). The Morgan fingerprint density at radius 3 is 2.44 bits per heavy atom. The maximum Gasteiger partial charge on any atom is 0.335 e. The zero-order valence-corrected chi connectivity index (χ0v) is 11.2. The first-order chi connectivity index (χ1) is 8.56. The molecule has 0 bridgehead atoms. The largest absolute Gasteiger partial charge is 0.478 e. The summed E-state index contributed by atoms with van der Waals surface area (Å²) in [6, 6.07) is 8.97. The Kier molecular flexibility index (Phi) is 3.67. The van der Waals surface area contributed by atoms with Crippen LogP contribution in [0.5, 0.6) is 0 Å². The number of aryl methyl sites for hydroxylation is 2. The van der Waals surface area contributed by atoms with Crippen LogP contribution < -0.4 is 5.32 Å². The second kappa shape index (κ2) is 5.23. The molecule has 0 amide bonds. The molecule has 0 radical (unpaired) electrons. The van der Waals surface area contributed by atoms with E-state index in [1.54, 1.807) is 35.6 Å². The molecule has 0 aliphatic rings. The molecule has 1 aromatic heterocycles. The van der Waals surface area contributed by atoms with E-state index in [1.165, 1.54) is 15.3 Å². The highest BCUT2D eigenvalue weighted by molar-refractivity contribution is 7.12. The average molecular weight is 261 g/mol. The molecule has 3 nitrogen and oxygen atoms in total. The summed E-state index contributed by atoms with van der Waals surface area (Å²) >= 11 is 1.79. The minimum Gasteiger partial charge on any atom is -0.478 e. The van der Waals surface area contributed by atoms with Gasteiger partial charge in [-0.25, -0.2) is 4.79 Å². The van der Waals surface area contributed by atoms with Crippen LogP contribution in [0.1, 0.15) is 25.7 Å². The van der Waals surface area contributed by atoms with Crippen molar-refractivity contribution >= 4 is 23.0 Å². The van der Waals surface area contributed by atoms with E-state index >= 15 is 0 Å². The second-order valence-corrected chi connectivity index (χ2v) is 5.63. The van der Waals surface area contributed by atoms with E-state index in [4.69, 9.17) is 5.11 Å². The lowest BCUT2D eigenvalue weighted by Crippen LogP contribution is -2.00. The molecule has 2 N–H and O–H groups in total. The third kappa shape index (κ3) is 2.90. The van der Waals surface area contributed by atoms with Gasteiger partial charge in [0.2, 0.25) is 0 Å². The Labute approximate surface area is 110 Å². The normalized spacial score (nSPS) is 10.3. The number of hydrogen-bond acceptors (Lipinski definition) is 3. The molecule has 0 unspecified atom stereocenters. The zero-order chi connectivity index (χ0) is 13.1. The van der Waals surface area contributed by atoms with Gasteiger partial charge in [0.15, 0.2) is 0 Å². The maximum absolute atomic E-state index is 10.7. The van der Waals surface area contributed by atoms with E-state index in [1.807, 2.05) is 0 Å². The number of carboxylic acids is 1. The van der Waals surface area contributed by atoms with Crippen molar-refractivity contribution in [1.29, 1.82) is 0 Å². The van der Waals surface area contributed by atoms with Crippen LogP contribution in [0.3, 0.4) is 0 Å². The molecule has 2 aromatic rings. The molecule has 1 aromatic carbocycles. The minimum atomic E-state index is -0.897. The van der Waals surface area contributed by atoms with Crippen LogP contribution in [0, 0.1) is 13.8 Å². The number of thiophene rings is 1. The molecule has 0 aliphatic heterocycles. The molecule has 0 saturated carbocycles. The lowest BCUT2D eigenvalue weighted by molar-refractivity contribution is 0.0697. The van der Waals surface area contributed by atoms with E-state index in [2.05, 4.69) is 25.2 Å². The van der Waals surface area contributed by atoms with Crippen molar-refractivity contribution in [3.05, 3.63) is 51.2 Å². The first kappa shape index (κ1) is 12.6. The van der Waals surface area contributed by atoms with Crippen LogP contribution in [0.25, 0.3) is 0 Å². The van der Waals surface area contributed by atoms with Crippen LogP contribution in [-0.4, -0.2) is 11.1 Å². The second-order valence-electron chi connectivity index (χ2n) is 4.17. The van der Waals surface area contributed by atoms with Gasteiger partial charge < -0.3 is 10.4 Å². The summed E-state index contributed by atoms with van der Waals surface area (Å²) in [5.41, 5.74) is 2.53. The van der Waals surface area contributed by atoms with Crippen molar-refractivity contribution in [2.45, 2.75) is 20.4 Å². The zero-order valence-electron chi connectivity index (χ0n) is 10.4. The summed E-state index contributed by atoms with van der Waals surface area (Å²) in [6.45, 7) is 4.98. The number of aromatic carboxylic acids is 1. The third-order valence-corrected chi connectivity index (χ3v) is 3.77. The van der Waals surface area contributed by atoms with Gasteiger partial charge in [-0.15, -0.1) is 11.3 Å². The number of hydrogen-bond donors (Lipinski definition) is 2. The van der Waals surface area contributed by atoms with Gasteiger partial charge in [-0.05, 0) is 49.7 Å². The molecule has 0 aliphatic carbocycles. The predicted molar refractivity (Wildman–Crippen MR) is 74.5 cm³/mol. The van der Waals surface area contributed by atoms with Gasteiger partial charge in [0.05, 0.1) is 5.56 Å². The smallest absolute Gasteiger partial charge is 0.335 e. The highest BCUT2D eigenvalue weighted by Gasteiger charge is 2.04. The molecule has 0 atom stereocenters. The van der Waals surface area contributed by atoms with Gasteiger partial charge in [0.25, 0.3) is 0 Å². The van der Waals surface area contributed by atoms with E-state index in [0.717, 1.165) is 12.2 Å². The number of anilines is 1. The fraction of sp³-hybridized carbons (Fsp3) is 0.214. The van der Waals surface area contributed by atoms with Gasteiger partial charge in [-0.3, -0.25) is 0 Å². The molecule has 18 heavy (non-hydrogen) atoms. The van der Waals surface area contributed by atoms with E-state index in [-0.39, 0.29) is 0 Å². The molecule has 4 heteroatoms. The lowest BCUT2D eigenvalue weighted by Gasteiger charge is -2.06. The molecule has 0 saturated heterocycles. The minimum absolute atomic E-state index is 0.308. The lowest BCUT2D eigenvalue weighted by atomic mass is 10.2. The summed E-state index contributed by atoms with van der Waals surface area (Å²) in [5, 5.41) is 12.1. The topological polar surface area (TPSA) is 49.3 Å². The third-order valence-electron chi connectivity index (χ3n) is 2.76. The van der Waals surface area contributed by atoms with Crippen LogP contribution in [0.15, 0.2) is 30.3 Å². The van der Waals surface area contributed by atoms with Crippen molar-refractivity contribution in [2.75, 3.05) is 5.32 Å². The summed E-state index contributed by atoms with van der Waals surface area (Å²) in [6.07, 6.45) is 0. The van der Waals surface area contributed by atoms with Crippen molar-refractivity contribution < 1.29 is 9.90 Å². The molecular weight excluding hydrogens is 246 g/mol. The summed E-state index contributed by atoms with van der Waals surface area (Å²) < 4.78 is 0. The van der Waals surface area contributed by atoms with Crippen LogP contribution in [0.2, 0.25) is 0 Å². The monoisotopic (exact) mass is 261 g/mol. The van der Waals surface area contributed by atoms with Crippen molar-refractivity contribution in [3.8, 4) is 0 Å². The Balaban J connectivity index is 2.02. The highest BCUT2D eigenvalue weighted by atomic mass is 32.1. The Hall–Kier alpha value is -1.81. The number of nitrogens with one attached hydrogen (secondary N) is 1. The molecular formula is C14H15NO2S. The standard InChI is InChI=1S/C14H15NO2S/c1-9-7-12(10(2)18-9)8-15-13-5-3-11(4-6-13)14(16)17/h3-7,15H,8H2,1-2H3,(H,16,17). The van der Waals surface area contributed by atoms with E-state index < -0.39 is 5.97 Å². The highest BCUT2D eigenvalue weighted by Crippen LogP contribution is 2.21. The van der Waals surface area contributed by atoms with Crippen molar-refractivity contribution in [2.24, 2.45) is 0 Å². The SMILES string of the molecule is Cc1cc(CNc2ccc(C(=O)O)cc2)c(C)s1. The molecule has 94 valence electrons. The predicted octanol–water partition coefficient (Wildman–Crippen LogP) is 3.68. The summed E-state index contributed by atoms with van der Waals surface area (Å²) in [5.74, 6) is -0.897. The number of carboxylic acid groups (broad SMARTS) is 1. The van der Waals surface area contributed by atoms with Gasteiger partial charge in [-0.1, -0.05) is 0 Å². The summed E-state index contributed by atoms with van der Waals surface area (Å²) in [4.78, 5) is 13.4. The molecule has 0 fully saturated rings. The van der Waals surface area contributed by atoms with Crippen molar-refractivity contribution in [3.63, 3.8) is 0 Å².